The zero-order chi connectivity index (χ0) is 39.2. The predicted octanol–water partition coefficient (Wildman–Crippen LogP) is -4.60. The summed E-state index contributed by atoms with van der Waals surface area (Å²) in [4.78, 5) is 14.0. The second-order valence-electron chi connectivity index (χ2n) is 12.9. The minimum Gasteiger partial charge on any atom is -0.508 e. The molecule has 3 aliphatic rings. The molecule has 3 aliphatic heterocycles. The lowest BCUT2D eigenvalue weighted by molar-refractivity contribution is -0.389. The number of hydrogen-bond donors (Lipinski definition) is 13. The number of phenolic OH excluding ortho intramolecular Hbond substituents is 3. The van der Waals surface area contributed by atoms with Gasteiger partial charge in [-0.1, -0.05) is 0 Å². The van der Waals surface area contributed by atoms with Crippen molar-refractivity contribution < 1.29 is 99.2 Å². The smallest absolute Gasteiger partial charge is 0.239 e. The van der Waals surface area contributed by atoms with Gasteiger partial charge in [-0.2, -0.15) is 0 Å². The molecular formula is C33H40O21. The molecule has 21 nitrogen and oxygen atoms in total. The van der Waals surface area contributed by atoms with Crippen molar-refractivity contribution >= 4 is 11.0 Å². The van der Waals surface area contributed by atoms with Crippen LogP contribution in [0.15, 0.2) is 45.6 Å². The third-order valence-corrected chi connectivity index (χ3v) is 9.36. The molecule has 0 bridgehead atoms. The lowest BCUT2D eigenvalue weighted by atomic mass is 9.96. The quantitative estimate of drug-likeness (QED) is 0.0922. The Morgan fingerprint density at radius 2 is 1.07 bits per heavy atom. The van der Waals surface area contributed by atoms with E-state index in [4.69, 9.17) is 32.8 Å². The highest BCUT2D eigenvalue weighted by molar-refractivity contribution is 5.88. The molecule has 298 valence electrons. The van der Waals surface area contributed by atoms with E-state index in [9.17, 15) is 71.2 Å². The molecule has 4 heterocycles. The maximum atomic E-state index is 14.0. The Morgan fingerprint density at radius 1 is 0.574 bits per heavy atom. The van der Waals surface area contributed by atoms with E-state index in [2.05, 4.69) is 0 Å². The molecule has 13 N–H and O–H groups in total. The summed E-state index contributed by atoms with van der Waals surface area (Å²) in [5.41, 5.74) is -1.26. The van der Waals surface area contributed by atoms with Crippen LogP contribution < -0.4 is 10.2 Å². The maximum Gasteiger partial charge on any atom is 0.239 e. The first-order valence-electron chi connectivity index (χ1n) is 16.5. The van der Waals surface area contributed by atoms with Gasteiger partial charge in [0.2, 0.25) is 17.5 Å². The Labute approximate surface area is 303 Å². The summed E-state index contributed by atoms with van der Waals surface area (Å²) in [5.74, 6) is -2.45. The number of aliphatic hydroxyl groups excluding tert-OH is 10. The highest BCUT2D eigenvalue weighted by Gasteiger charge is 2.54. The molecule has 0 aliphatic carbocycles. The predicted molar refractivity (Wildman–Crippen MR) is 173 cm³/mol. The van der Waals surface area contributed by atoms with Gasteiger partial charge in [0.05, 0.1) is 19.8 Å². The van der Waals surface area contributed by atoms with Crippen LogP contribution in [0, 0.1) is 0 Å². The molecule has 6 rings (SSSR count). The Kier molecular flexibility index (Phi) is 11.9. The van der Waals surface area contributed by atoms with Gasteiger partial charge in [0.15, 0.2) is 24.4 Å². The Balaban J connectivity index is 1.40. The molecule has 3 aromatic rings. The number of aliphatic hydroxyl groups is 10. The van der Waals surface area contributed by atoms with Gasteiger partial charge in [-0.15, -0.1) is 0 Å². The van der Waals surface area contributed by atoms with Crippen molar-refractivity contribution in [2.45, 2.75) is 92.1 Å². The van der Waals surface area contributed by atoms with Crippen molar-refractivity contribution in [2.24, 2.45) is 0 Å². The van der Waals surface area contributed by atoms with Crippen molar-refractivity contribution in [1.82, 2.24) is 0 Å². The van der Waals surface area contributed by atoms with Gasteiger partial charge < -0.3 is 99.2 Å². The van der Waals surface area contributed by atoms with E-state index in [0.29, 0.717) is 0 Å². The van der Waals surface area contributed by atoms with Gasteiger partial charge in [0.25, 0.3) is 0 Å². The summed E-state index contributed by atoms with van der Waals surface area (Å²) in [6.07, 6.45) is -28.3. The van der Waals surface area contributed by atoms with Crippen LogP contribution in [0.3, 0.4) is 0 Å². The minimum absolute atomic E-state index is 0.101. The number of rotatable bonds is 10. The molecular weight excluding hydrogens is 732 g/mol. The first kappa shape index (κ1) is 39.9. The molecule has 0 saturated carbocycles. The zero-order valence-electron chi connectivity index (χ0n) is 27.8. The molecule has 3 saturated heterocycles. The highest BCUT2D eigenvalue weighted by Crippen LogP contribution is 2.39. The monoisotopic (exact) mass is 772 g/mol. The topological polar surface area (TPSA) is 349 Å². The van der Waals surface area contributed by atoms with Crippen LogP contribution in [-0.2, 0) is 23.7 Å². The molecule has 3 fully saturated rings. The molecule has 0 radical (unpaired) electrons. The molecule has 15 atom stereocenters. The summed E-state index contributed by atoms with van der Waals surface area (Å²) in [7, 11) is 0. The van der Waals surface area contributed by atoms with Gasteiger partial charge in [-0.3, -0.25) is 4.79 Å². The second-order valence-corrected chi connectivity index (χ2v) is 12.9. The molecule has 0 amide bonds. The lowest BCUT2D eigenvalue weighted by Gasteiger charge is -2.48. The maximum absolute atomic E-state index is 14.0. The van der Waals surface area contributed by atoms with E-state index in [0.717, 1.165) is 12.1 Å². The van der Waals surface area contributed by atoms with Crippen LogP contribution in [0.25, 0.3) is 22.3 Å². The first-order chi connectivity index (χ1) is 25.7. The van der Waals surface area contributed by atoms with Crippen molar-refractivity contribution in [3.63, 3.8) is 0 Å². The van der Waals surface area contributed by atoms with Crippen molar-refractivity contribution in [3.05, 3.63) is 46.6 Å². The van der Waals surface area contributed by atoms with Crippen LogP contribution in [0.1, 0.15) is 0 Å². The first-order valence-corrected chi connectivity index (χ1v) is 16.5. The second kappa shape index (κ2) is 16.2. The van der Waals surface area contributed by atoms with Gasteiger partial charge in [-0.05, 0) is 24.3 Å². The fraction of sp³-hybridized carbons (Fsp3) is 0.545. The third-order valence-electron chi connectivity index (χ3n) is 9.36. The molecule has 54 heavy (non-hydrogen) atoms. The Bertz CT molecular complexity index is 1800. The van der Waals surface area contributed by atoms with Crippen LogP contribution in [-0.4, -0.2) is 178 Å². The van der Waals surface area contributed by atoms with E-state index >= 15 is 0 Å². The number of hydrogen-bond acceptors (Lipinski definition) is 21. The van der Waals surface area contributed by atoms with Crippen molar-refractivity contribution in [3.8, 4) is 34.3 Å². The number of phenols is 3. The summed E-state index contributed by atoms with van der Waals surface area (Å²) >= 11 is 0. The number of aromatic hydroxyl groups is 3. The fourth-order valence-electron chi connectivity index (χ4n) is 6.39. The number of benzene rings is 2. The number of fused-ring (bicyclic) bond motifs is 1. The highest BCUT2D eigenvalue weighted by atomic mass is 16.8. The van der Waals surface area contributed by atoms with Crippen LogP contribution in [0.2, 0.25) is 0 Å². The normalized spacial score (nSPS) is 37.3. The van der Waals surface area contributed by atoms with Gasteiger partial charge in [-0.25, -0.2) is 0 Å². The minimum atomic E-state index is -2.08. The number of ether oxygens (including phenoxy) is 6. The average molecular weight is 773 g/mol. The van der Waals surface area contributed by atoms with E-state index in [-0.39, 0.29) is 22.7 Å². The van der Waals surface area contributed by atoms with Gasteiger partial charge >= 0.3 is 0 Å². The van der Waals surface area contributed by atoms with Crippen molar-refractivity contribution in [2.75, 3.05) is 19.8 Å². The van der Waals surface area contributed by atoms with E-state index < -0.39 is 140 Å². The van der Waals surface area contributed by atoms with E-state index in [1.165, 1.54) is 24.3 Å². The Hall–Kier alpha value is -3.75. The van der Waals surface area contributed by atoms with Gasteiger partial charge in [0, 0.05) is 17.7 Å². The standard InChI is InChI=1S/C33H40O21/c34-7-15-19(40)23(44)26(47)31(49-15)53-29-24(45)20(41)17(9-36)51-33(29)54-30-25(46)21(42)16(8-35)50-32(30)52-28-22(43)18-13(39)5-12(38)6-14(18)48-27(28)10-1-3-11(37)4-2-10/h1-6,15-17,19-21,23-26,29-42,44-47H,7-9H2. The summed E-state index contributed by atoms with van der Waals surface area (Å²) in [6, 6.07) is 6.99. The molecule has 21 heteroatoms. The SMILES string of the molecule is O=c1c(OC2OC(CO)C(O)C(O)C2OC2OC(CO)C(O)C(O)C2OC2OC(CO)C(O)C(O)C2O)c(-c2ccc(O)cc2)oc2cc(O)cc(O)c12. The van der Waals surface area contributed by atoms with Crippen molar-refractivity contribution in [1.29, 1.82) is 0 Å². The fourth-order valence-corrected chi connectivity index (χ4v) is 6.39. The van der Waals surface area contributed by atoms with Crippen LogP contribution in [0.4, 0.5) is 0 Å². The Morgan fingerprint density at radius 3 is 1.65 bits per heavy atom. The molecule has 2 aromatic carbocycles. The molecule has 15 unspecified atom stereocenters. The third kappa shape index (κ3) is 7.45. The summed E-state index contributed by atoms with van der Waals surface area (Å²) in [5, 5.41) is 135. The summed E-state index contributed by atoms with van der Waals surface area (Å²) < 4.78 is 40.2. The summed E-state index contributed by atoms with van der Waals surface area (Å²) in [6.45, 7) is -2.69. The molecule has 1 aromatic heterocycles. The average Bonchev–Trinajstić information content (AvgIpc) is 3.14. The molecule has 0 spiro atoms. The van der Waals surface area contributed by atoms with Crippen LogP contribution in [0.5, 0.6) is 23.0 Å². The largest absolute Gasteiger partial charge is 0.508 e. The van der Waals surface area contributed by atoms with E-state index in [1.54, 1.807) is 0 Å². The van der Waals surface area contributed by atoms with Gasteiger partial charge in [0.1, 0.15) is 95.4 Å². The van der Waals surface area contributed by atoms with Crippen LogP contribution >= 0.6 is 0 Å². The zero-order valence-corrected chi connectivity index (χ0v) is 27.8. The lowest BCUT2D eigenvalue weighted by Crippen LogP contribution is -2.67. The van der Waals surface area contributed by atoms with E-state index in [1.807, 2.05) is 0 Å².